The Morgan fingerprint density at radius 1 is 0.704 bits per heavy atom. The van der Waals surface area contributed by atoms with Crippen molar-refractivity contribution >= 4 is 5.57 Å². The third-order valence-electron chi connectivity index (χ3n) is 5.58. The molecule has 0 unspecified atom stereocenters. The van der Waals surface area contributed by atoms with Gasteiger partial charge in [-0.15, -0.1) is 0 Å². The van der Waals surface area contributed by atoms with Gasteiger partial charge in [-0.1, -0.05) is 97.1 Å². The van der Waals surface area contributed by atoms with Crippen molar-refractivity contribution in [3.05, 3.63) is 114 Å². The standard InChI is InChI=1S/C26H27N/c1-4-10-22(11-5-1)23-16-19-27(20-17-23)21-18-26(24-12-6-2-7-13-24)25-14-8-3-9-15-25/h1-16,26H,17-21H2. The Bertz CT molecular complexity index is 813. The number of benzene rings is 3. The van der Waals surface area contributed by atoms with Gasteiger partial charge in [0, 0.05) is 19.0 Å². The summed E-state index contributed by atoms with van der Waals surface area (Å²) in [7, 11) is 0. The molecule has 0 spiro atoms. The van der Waals surface area contributed by atoms with Crippen LogP contribution in [0.4, 0.5) is 0 Å². The third-order valence-corrected chi connectivity index (χ3v) is 5.58. The molecule has 4 rings (SSSR count). The maximum absolute atomic E-state index is 2.59. The van der Waals surface area contributed by atoms with E-state index in [9.17, 15) is 0 Å². The van der Waals surface area contributed by atoms with E-state index in [0.29, 0.717) is 5.92 Å². The molecule has 1 heterocycles. The highest BCUT2D eigenvalue weighted by Gasteiger charge is 2.17. The quantitative estimate of drug-likeness (QED) is 0.525. The molecule has 1 aliphatic heterocycles. The van der Waals surface area contributed by atoms with Crippen LogP contribution >= 0.6 is 0 Å². The summed E-state index contributed by atoms with van der Waals surface area (Å²) in [6.45, 7) is 3.34. The first kappa shape index (κ1) is 17.8. The van der Waals surface area contributed by atoms with Crippen molar-refractivity contribution in [1.29, 1.82) is 0 Å². The lowest BCUT2D eigenvalue weighted by molar-refractivity contribution is 0.293. The Labute approximate surface area is 163 Å². The molecule has 3 aromatic rings. The minimum atomic E-state index is 0.465. The summed E-state index contributed by atoms with van der Waals surface area (Å²) in [5.74, 6) is 0.465. The molecule has 1 aliphatic rings. The topological polar surface area (TPSA) is 3.24 Å². The predicted octanol–water partition coefficient (Wildman–Crippen LogP) is 6.00. The van der Waals surface area contributed by atoms with Gasteiger partial charge in [-0.3, -0.25) is 4.90 Å². The maximum atomic E-state index is 2.59. The van der Waals surface area contributed by atoms with Gasteiger partial charge in [-0.2, -0.15) is 0 Å². The van der Waals surface area contributed by atoms with E-state index in [-0.39, 0.29) is 0 Å². The van der Waals surface area contributed by atoms with Crippen molar-refractivity contribution < 1.29 is 0 Å². The molecular formula is C26H27N. The first-order valence-electron chi connectivity index (χ1n) is 9.97. The Balaban J connectivity index is 1.42. The smallest absolute Gasteiger partial charge is 0.0169 e. The van der Waals surface area contributed by atoms with Gasteiger partial charge in [0.15, 0.2) is 0 Å². The van der Waals surface area contributed by atoms with E-state index in [1.807, 2.05) is 0 Å². The average molecular weight is 354 g/mol. The fraction of sp³-hybridized carbons (Fsp3) is 0.231. The second-order valence-corrected chi connectivity index (χ2v) is 7.31. The molecule has 0 aliphatic carbocycles. The Morgan fingerprint density at radius 3 is 1.78 bits per heavy atom. The zero-order valence-electron chi connectivity index (χ0n) is 15.8. The zero-order valence-corrected chi connectivity index (χ0v) is 15.8. The van der Waals surface area contributed by atoms with E-state index >= 15 is 0 Å². The van der Waals surface area contributed by atoms with Crippen LogP contribution in [-0.2, 0) is 0 Å². The van der Waals surface area contributed by atoms with Crippen molar-refractivity contribution in [2.75, 3.05) is 19.6 Å². The molecule has 0 amide bonds. The normalized spacial score (nSPS) is 14.9. The van der Waals surface area contributed by atoms with Crippen molar-refractivity contribution in [2.24, 2.45) is 0 Å². The highest BCUT2D eigenvalue weighted by atomic mass is 15.1. The molecule has 0 saturated heterocycles. The van der Waals surface area contributed by atoms with Gasteiger partial charge in [-0.25, -0.2) is 0 Å². The number of rotatable bonds is 6. The van der Waals surface area contributed by atoms with E-state index in [1.54, 1.807) is 0 Å². The van der Waals surface area contributed by atoms with Crippen molar-refractivity contribution in [1.82, 2.24) is 4.90 Å². The lowest BCUT2D eigenvalue weighted by atomic mass is 9.88. The van der Waals surface area contributed by atoms with Crippen LogP contribution in [0.25, 0.3) is 5.57 Å². The Kier molecular flexibility index (Phi) is 5.81. The van der Waals surface area contributed by atoms with Gasteiger partial charge in [0.25, 0.3) is 0 Å². The number of hydrogen-bond acceptors (Lipinski definition) is 1. The summed E-state index contributed by atoms with van der Waals surface area (Å²) in [6, 6.07) is 32.7. The molecule has 0 saturated carbocycles. The van der Waals surface area contributed by atoms with Gasteiger partial charge in [0.1, 0.15) is 0 Å². The van der Waals surface area contributed by atoms with Crippen LogP contribution in [0.15, 0.2) is 97.1 Å². The second kappa shape index (κ2) is 8.83. The second-order valence-electron chi connectivity index (χ2n) is 7.31. The van der Waals surface area contributed by atoms with Crippen molar-refractivity contribution in [3.8, 4) is 0 Å². The van der Waals surface area contributed by atoms with Crippen LogP contribution in [0.1, 0.15) is 35.4 Å². The first-order chi connectivity index (χ1) is 13.4. The summed E-state index contributed by atoms with van der Waals surface area (Å²) in [5.41, 5.74) is 5.71. The molecule has 0 radical (unpaired) electrons. The average Bonchev–Trinajstić information content (AvgIpc) is 2.76. The summed E-state index contributed by atoms with van der Waals surface area (Å²) in [5, 5.41) is 0. The molecule has 136 valence electrons. The summed E-state index contributed by atoms with van der Waals surface area (Å²) in [4.78, 5) is 2.59. The van der Waals surface area contributed by atoms with Gasteiger partial charge >= 0.3 is 0 Å². The van der Waals surface area contributed by atoms with Gasteiger partial charge < -0.3 is 0 Å². The van der Waals surface area contributed by atoms with Gasteiger partial charge in [0.2, 0.25) is 0 Å². The molecule has 0 N–H and O–H groups in total. The maximum Gasteiger partial charge on any atom is 0.0169 e. The molecule has 1 heteroatoms. The molecule has 0 atom stereocenters. The van der Waals surface area contributed by atoms with Crippen molar-refractivity contribution in [3.63, 3.8) is 0 Å². The molecular weight excluding hydrogens is 326 g/mol. The Morgan fingerprint density at radius 2 is 1.26 bits per heavy atom. The number of nitrogens with zero attached hydrogens (tertiary/aromatic N) is 1. The first-order valence-corrected chi connectivity index (χ1v) is 9.97. The van der Waals surface area contributed by atoms with Gasteiger partial charge in [0.05, 0.1) is 0 Å². The van der Waals surface area contributed by atoms with Crippen LogP contribution in [0.5, 0.6) is 0 Å². The van der Waals surface area contributed by atoms with Crippen LogP contribution in [0.2, 0.25) is 0 Å². The zero-order chi connectivity index (χ0) is 18.3. The summed E-state index contributed by atoms with van der Waals surface area (Å²) >= 11 is 0. The summed E-state index contributed by atoms with van der Waals surface area (Å²) < 4.78 is 0. The molecule has 27 heavy (non-hydrogen) atoms. The molecule has 0 aromatic heterocycles. The summed E-state index contributed by atoms with van der Waals surface area (Å²) in [6.07, 6.45) is 4.72. The van der Waals surface area contributed by atoms with E-state index < -0.39 is 0 Å². The highest BCUT2D eigenvalue weighted by molar-refractivity contribution is 5.66. The molecule has 3 aromatic carbocycles. The Hall–Kier alpha value is -2.64. The largest absolute Gasteiger partial charge is 0.299 e. The lowest BCUT2D eigenvalue weighted by Crippen LogP contribution is -2.30. The van der Waals surface area contributed by atoms with E-state index in [1.165, 1.54) is 22.3 Å². The molecule has 0 fully saturated rings. The minimum Gasteiger partial charge on any atom is -0.299 e. The van der Waals surface area contributed by atoms with E-state index in [0.717, 1.165) is 32.5 Å². The van der Waals surface area contributed by atoms with E-state index in [4.69, 9.17) is 0 Å². The molecule has 0 bridgehead atoms. The highest BCUT2D eigenvalue weighted by Crippen LogP contribution is 2.29. The predicted molar refractivity (Wildman–Crippen MR) is 115 cm³/mol. The van der Waals surface area contributed by atoms with Crippen LogP contribution in [0.3, 0.4) is 0 Å². The van der Waals surface area contributed by atoms with E-state index in [2.05, 4.69) is 102 Å². The monoisotopic (exact) mass is 353 g/mol. The number of hydrogen-bond donors (Lipinski definition) is 0. The van der Waals surface area contributed by atoms with Gasteiger partial charge in [-0.05, 0) is 41.6 Å². The minimum absolute atomic E-state index is 0.465. The van der Waals surface area contributed by atoms with Crippen LogP contribution in [0, 0.1) is 0 Å². The fourth-order valence-electron chi connectivity index (χ4n) is 4.04. The van der Waals surface area contributed by atoms with Crippen LogP contribution in [-0.4, -0.2) is 24.5 Å². The van der Waals surface area contributed by atoms with Crippen LogP contribution < -0.4 is 0 Å². The lowest BCUT2D eigenvalue weighted by Gasteiger charge is -2.28. The fourth-order valence-corrected chi connectivity index (χ4v) is 4.04. The van der Waals surface area contributed by atoms with Crippen molar-refractivity contribution in [2.45, 2.75) is 18.8 Å². The third kappa shape index (κ3) is 4.56. The molecule has 1 nitrogen and oxygen atoms in total. The SMILES string of the molecule is C1=C(c2ccccc2)CCN(CCC(c2ccccc2)c2ccccc2)C1.